The van der Waals surface area contributed by atoms with E-state index in [-0.39, 0.29) is 18.2 Å². The van der Waals surface area contributed by atoms with Gasteiger partial charge in [-0.3, -0.25) is 4.98 Å². The van der Waals surface area contributed by atoms with E-state index < -0.39 is 0 Å². The average Bonchev–Trinajstić information content (AvgIpc) is 1.95. The van der Waals surface area contributed by atoms with Gasteiger partial charge < -0.3 is 5.11 Å². The number of alkyl halides is 1. The molecule has 1 aromatic heterocycles. The van der Waals surface area contributed by atoms with E-state index in [1.54, 1.807) is 19.2 Å². The molecule has 2 nitrogen and oxygen atoms in total. The van der Waals surface area contributed by atoms with Crippen LogP contribution in [-0.2, 0) is 5.88 Å². The van der Waals surface area contributed by atoms with Gasteiger partial charge in [0, 0.05) is 11.8 Å². The van der Waals surface area contributed by atoms with E-state index in [2.05, 4.69) is 4.98 Å². The van der Waals surface area contributed by atoms with Crippen molar-refractivity contribution in [3.8, 4) is 5.75 Å². The summed E-state index contributed by atoms with van der Waals surface area (Å²) in [5.41, 5.74) is 1.35. The van der Waals surface area contributed by atoms with Crippen LogP contribution in [0.2, 0.25) is 0 Å². The Balaban J connectivity index is 0.000001000. The van der Waals surface area contributed by atoms with E-state index in [4.69, 9.17) is 11.6 Å². The SMILES string of the molecule is Cc1nccc(CCl)c1O.Cl. The van der Waals surface area contributed by atoms with E-state index in [0.717, 1.165) is 5.56 Å². The molecule has 0 unspecified atom stereocenters. The Hall–Kier alpha value is -0.470. The molecule has 1 aromatic rings. The van der Waals surface area contributed by atoms with Crippen LogP contribution in [0.5, 0.6) is 5.75 Å². The largest absolute Gasteiger partial charge is 0.506 e. The first-order valence-corrected chi connectivity index (χ1v) is 3.48. The summed E-state index contributed by atoms with van der Waals surface area (Å²) < 4.78 is 0. The van der Waals surface area contributed by atoms with E-state index in [9.17, 15) is 5.11 Å². The quantitative estimate of drug-likeness (QED) is 0.695. The molecule has 0 aliphatic carbocycles. The molecule has 0 amide bonds. The fourth-order valence-electron chi connectivity index (χ4n) is 0.719. The van der Waals surface area contributed by atoms with Crippen molar-refractivity contribution in [1.82, 2.24) is 4.98 Å². The number of pyridine rings is 1. The van der Waals surface area contributed by atoms with Crippen LogP contribution in [0.15, 0.2) is 12.3 Å². The van der Waals surface area contributed by atoms with Crippen molar-refractivity contribution in [1.29, 1.82) is 0 Å². The number of hydrogen-bond acceptors (Lipinski definition) is 2. The lowest BCUT2D eigenvalue weighted by Crippen LogP contribution is -1.85. The van der Waals surface area contributed by atoms with Crippen molar-refractivity contribution in [2.45, 2.75) is 12.8 Å². The number of halogens is 2. The lowest BCUT2D eigenvalue weighted by atomic mass is 10.2. The van der Waals surface area contributed by atoms with Crippen molar-refractivity contribution in [2.75, 3.05) is 0 Å². The molecule has 1 heterocycles. The summed E-state index contributed by atoms with van der Waals surface area (Å²) in [6.45, 7) is 1.74. The van der Waals surface area contributed by atoms with Crippen molar-refractivity contribution in [2.24, 2.45) is 0 Å². The number of nitrogens with zero attached hydrogens (tertiary/aromatic N) is 1. The molecule has 0 saturated heterocycles. The molecule has 4 heteroatoms. The Morgan fingerprint density at radius 1 is 1.64 bits per heavy atom. The molecule has 0 aliphatic heterocycles. The zero-order valence-electron chi connectivity index (χ0n) is 6.04. The summed E-state index contributed by atoms with van der Waals surface area (Å²) in [6.07, 6.45) is 1.63. The fourth-order valence-corrected chi connectivity index (χ4v) is 0.935. The van der Waals surface area contributed by atoms with Crippen LogP contribution < -0.4 is 0 Å². The molecule has 0 aliphatic rings. The maximum Gasteiger partial charge on any atom is 0.141 e. The highest BCUT2D eigenvalue weighted by Crippen LogP contribution is 2.20. The lowest BCUT2D eigenvalue weighted by molar-refractivity contribution is 0.462. The van der Waals surface area contributed by atoms with E-state index >= 15 is 0 Å². The number of aromatic nitrogens is 1. The van der Waals surface area contributed by atoms with E-state index in [1.807, 2.05) is 0 Å². The summed E-state index contributed by atoms with van der Waals surface area (Å²) in [5.74, 6) is 0.535. The third-order valence-corrected chi connectivity index (χ3v) is 1.62. The minimum atomic E-state index is 0. The highest BCUT2D eigenvalue weighted by atomic mass is 35.5. The van der Waals surface area contributed by atoms with Crippen LogP contribution in [-0.4, -0.2) is 10.1 Å². The highest BCUT2D eigenvalue weighted by molar-refractivity contribution is 6.17. The maximum atomic E-state index is 9.25. The summed E-state index contributed by atoms with van der Waals surface area (Å²) in [7, 11) is 0. The summed E-state index contributed by atoms with van der Waals surface area (Å²) >= 11 is 5.52. The fraction of sp³-hybridized carbons (Fsp3) is 0.286. The first-order valence-electron chi connectivity index (χ1n) is 2.95. The average molecular weight is 194 g/mol. The molecule has 0 saturated carbocycles. The number of aromatic hydroxyl groups is 1. The normalized spacial score (nSPS) is 8.91. The van der Waals surface area contributed by atoms with Crippen LogP contribution >= 0.6 is 24.0 Å². The monoisotopic (exact) mass is 193 g/mol. The van der Waals surface area contributed by atoms with Gasteiger partial charge in [0.05, 0.1) is 11.6 Å². The minimum Gasteiger partial charge on any atom is -0.506 e. The predicted molar refractivity (Wildman–Crippen MR) is 47.4 cm³/mol. The Morgan fingerprint density at radius 2 is 2.27 bits per heavy atom. The Morgan fingerprint density at radius 3 is 2.73 bits per heavy atom. The van der Waals surface area contributed by atoms with Crippen molar-refractivity contribution in [3.05, 3.63) is 23.5 Å². The van der Waals surface area contributed by atoms with Crippen LogP contribution in [0.3, 0.4) is 0 Å². The second-order valence-corrected chi connectivity index (χ2v) is 2.30. The van der Waals surface area contributed by atoms with Gasteiger partial charge in [-0.25, -0.2) is 0 Å². The highest BCUT2D eigenvalue weighted by Gasteiger charge is 2.01. The van der Waals surface area contributed by atoms with Crippen molar-refractivity contribution >= 4 is 24.0 Å². The minimum absolute atomic E-state index is 0. The Labute approximate surface area is 76.6 Å². The topological polar surface area (TPSA) is 33.1 Å². The van der Waals surface area contributed by atoms with Gasteiger partial charge in [-0.2, -0.15) is 0 Å². The second kappa shape index (κ2) is 4.42. The molecule has 62 valence electrons. The van der Waals surface area contributed by atoms with Gasteiger partial charge in [0.2, 0.25) is 0 Å². The molecular weight excluding hydrogens is 185 g/mol. The second-order valence-electron chi connectivity index (χ2n) is 2.04. The van der Waals surface area contributed by atoms with Crippen LogP contribution in [0, 0.1) is 6.92 Å². The van der Waals surface area contributed by atoms with Gasteiger partial charge in [-0.15, -0.1) is 24.0 Å². The number of hydrogen-bond donors (Lipinski definition) is 1. The molecule has 0 spiro atoms. The molecular formula is C7H9Cl2NO. The molecule has 1 N–H and O–H groups in total. The standard InChI is InChI=1S/C7H8ClNO.ClH/c1-5-7(10)6(4-8)2-3-9-5;/h2-3,10H,4H2,1H3;1H. The molecule has 0 fully saturated rings. The first-order chi connectivity index (χ1) is 4.75. The Kier molecular flexibility index (Phi) is 4.23. The lowest BCUT2D eigenvalue weighted by Gasteiger charge is -2.00. The molecule has 0 aromatic carbocycles. The predicted octanol–water partition coefficient (Wildman–Crippen LogP) is 2.26. The van der Waals surface area contributed by atoms with Crippen LogP contribution in [0.1, 0.15) is 11.3 Å². The third-order valence-electron chi connectivity index (χ3n) is 1.33. The van der Waals surface area contributed by atoms with E-state index in [1.165, 1.54) is 0 Å². The molecule has 0 atom stereocenters. The third kappa shape index (κ3) is 2.24. The zero-order chi connectivity index (χ0) is 7.56. The number of aryl methyl sites for hydroxylation is 1. The van der Waals surface area contributed by atoms with Gasteiger partial charge in [0.15, 0.2) is 0 Å². The van der Waals surface area contributed by atoms with E-state index in [0.29, 0.717) is 11.6 Å². The van der Waals surface area contributed by atoms with Crippen molar-refractivity contribution in [3.63, 3.8) is 0 Å². The van der Waals surface area contributed by atoms with Crippen LogP contribution in [0.4, 0.5) is 0 Å². The van der Waals surface area contributed by atoms with Gasteiger partial charge in [-0.05, 0) is 13.0 Å². The van der Waals surface area contributed by atoms with Crippen LogP contribution in [0.25, 0.3) is 0 Å². The molecule has 0 radical (unpaired) electrons. The van der Waals surface area contributed by atoms with Gasteiger partial charge >= 0.3 is 0 Å². The Bertz CT molecular complexity index is 240. The van der Waals surface area contributed by atoms with Crippen molar-refractivity contribution < 1.29 is 5.11 Å². The van der Waals surface area contributed by atoms with Gasteiger partial charge in [-0.1, -0.05) is 0 Å². The molecule has 1 rings (SSSR count). The summed E-state index contributed by atoms with van der Waals surface area (Å²) in [4.78, 5) is 3.88. The maximum absolute atomic E-state index is 9.25. The zero-order valence-corrected chi connectivity index (χ0v) is 7.61. The summed E-state index contributed by atoms with van der Waals surface area (Å²) in [6, 6.07) is 1.70. The number of rotatable bonds is 1. The van der Waals surface area contributed by atoms with Gasteiger partial charge in [0.25, 0.3) is 0 Å². The smallest absolute Gasteiger partial charge is 0.141 e. The first kappa shape index (κ1) is 10.5. The summed E-state index contributed by atoms with van der Waals surface area (Å²) in [5, 5.41) is 9.25. The molecule has 0 bridgehead atoms. The molecule has 11 heavy (non-hydrogen) atoms. The van der Waals surface area contributed by atoms with Gasteiger partial charge in [0.1, 0.15) is 5.75 Å².